The van der Waals surface area contributed by atoms with E-state index in [9.17, 15) is 13.2 Å². The number of hydrogen-bond acceptors (Lipinski definition) is 4. The number of alkyl halides is 3. The number of oxime groups is 1. The number of halogens is 3. The highest BCUT2D eigenvalue weighted by Gasteiger charge is 2.67. The third-order valence-electron chi connectivity index (χ3n) is 3.79. The number of benzene rings is 2. The molecule has 1 atom stereocenters. The van der Waals surface area contributed by atoms with Gasteiger partial charge in [-0.3, -0.25) is 0 Å². The SMILES string of the molecule is COc1ccc(C2=NOC(F)(c3ccc(OC)cc3)C2(F)F)cc1. The molecule has 7 heteroatoms. The Bertz CT molecular complexity index is 760. The number of methoxy groups -OCH3 is 2. The maximum absolute atomic E-state index is 15.0. The molecule has 2 aromatic rings. The van der Waals surface area contributed by atoms with Crippen molar-refractivity contribution in [3.63, 3.8) is 0 Å². The Morgan fingerprint density at radius 2 is 1.33 bits per heavy atom. The summed E-state index contributed by atoms with van der Waals surface area (Å²) in [6, 6.07) is 10.8. The second-order valence-electron chi connectivity index (χ2n) is 5.16. The van der Waals surface area contributed by atoms with Crippen molar-refractivity contribution in [2.75, 3.05) is 14.2 Å². The van der Waals surface area contributed by atoms with Gasteiger partial charge in [-0.15, -0.1) is 0 Å². The van der Waals surface area contributed by atoms with Crippen LogP contribution in [0.1, 0.15) is 11.1 Å². The molecule has 0 bridgehead atoms. The van der Waals surface area contributed by atoms with E-state index in [2.05, 4.69) is 9.99 Å². The van der Waals surface area contributed by atoms with Gasteiger partial charge in [-0.1, -0.05) is 5.16 Å². The summed E-state index contributed by atoms with van der Waals surface area (Å²) in [6.45, 7) is 0. The van der Waals surface area contributed by atoms with Gasteiger partial charge in [-0.2, -0.15) is 13.2 Å². The summed E-state index contributed by atoms with van der Waals surface area (Å²) in [5.41, 5.74) is -1.07. The summed E-state index contributed by atoms with van der Waals surface area (Å²) in [5, 5.41) is 3.31. The lowest BCUT2D eigenvalue weighted by Crippen LogP contribution is -2.44. The van der Waals surface area contributed by atoms with Gasteiger partial charge in [0.15, 0.2) is 5.71 Å². The molecule has 0 saturated heterocycles. The first kappa shape index (κ1) is 16.2. The molecule has 24 heavy (non-hydrogen) atoms. The lowest BCUT2D eigenvalue weighted by Gasteiger charge is -2.25. The fourth-order valence-corrected chi connectivity index (χ4v) is 2.40. The molecule has 0 saturated carbocycles. The van der Waals surface area contributed by atoms with E-state index in [-0.39, 0.29) is 11.1 Å². The van der Waals surface area contributed by atoms with Crippen LogP contribution >= 0.6 is 0 Å². The Hall–Kier alpha value is -2.70. The van der Waals surface area contributed by atoms with Crippen LogP contribution in [0.5, 0.6) is 11.5 Å². The van der Waals surface area contributed by atoms with E-state index in [1.54, 1.807) is 0 Å². The normalized spacial score (nSPS) is 21.8. The molecule has 1 aliphatic rings. The minimum atomic E-state index is -3.96. The van der Waals surface area contributed by atoms with E-state index < -0.39 is 17.5 Å². The van der Waals surface area contributed by atoms with E-state index in [4.69, 9.17) is 9.47 Å². The summed E-state index contributed by atoms with van der Waals surface area (Å²) in [6.07, 6.45) is 0. The average Bonchev–Trinajstić information content (AvgIpc) is 2.86. The van der Waals surface area contributed by atoms with Gasteiger partial charge in [0.05, 0.1) is 14.2 Å². The van der Waals surface area contributed by atoms with Gasteiger partial charge in [0, 0.05) is 11.1 Å². The summed E-state index contributed by atoms with van der Waals surface area (Å²) < 4.78 is 54.3. The number of ether oxygens (including phenoxy) is 2. The first-order chi connectivity index (χ1) is 11.4. The van der Waals surface area contributed by atoms with E-state index >= 15 is 0 Å². The highest BCUT2D eigenvalue weighted by atomic mass is 19.3. The fraction of sp³-hybridized carbons (Fsp3) is 0.235. The summed E-state index contributed by atoms with van der Waals surface area (Å²) in [5.74, 6) is -6.44. The van der Waals surface area contributed by atoms with Crippen LogP contribution in [0.15, 0.2) is 53.7 Å². The second kappa shape index (κ2) is 5.74. The maximum Gasteiger partial charge on any atom is 0.368 e. The number of nitrogens with zero attached hydrogens (tertiary/aromatic N) is 1. The van der Waals surface area contributed by atoms with Crippen LogP contribution in [-0.2, 0) is 10.7 Å². The first-order valence-electron chi connectivity index (χ1n) is 7.04. The molecule has 126 valence electrons. The molecule has 0 spiro atoms. The zero-order chi connectivity index (χ0) is 17.4. The van der Waals surface area contributed by atoms with Crippen molar-refractivity contribution in [1.82, 2.24) is 0 Å². The van der Waals surface area contributed by atoms with E-state index in [0.29, 0.717) is 11.5 Å². The van der Waals surface area contributed by atoms with Crippen molar-refractivity contribution in [3.05, 3.63) is 59.7 Å². The molecule has 0 fully saturated rings. The minimum absolute atomic E-state index is 0.0498. The van der Waals surface area contributed by atoms with Crippen LogP contribution in [0.2, 0.25) is 0 Å². The van der Waals surface area contributed by atoms with Crippen molar-refractivity contribution in [2.24, 2.45) is 5.16 Å². The fourth-order valence-electron chi connectivity index (χ4n) is 2.40. The summed E-state index contributed by atoms with van der Waals surface area (Å²) in [7, 11) is 2.88. The Morgan fingerprint density at radius 1 is 0.833 bits per heavy atom. The standard InChI is InChI=1S/C17H14F3NO3/c1-22-13-7-3-11(4-8-13)15-16(18,19)17(20,24-21-15)12-5-9-14(23-2)10-6-12/h3-10H,1-2H3. The lowest BCUT2D eigenvalue weighted by molar-refractivity contribution is -0.236. The molecular formula is C17H14F3NO3. The molecule has 0 aromatic heterocycles. The van der Waals surface area contributed by atoms with Crippen molar-refractivity contribution >= 4 is 5.71 Å². The van der Waals surface area contributed by atoms with Crippen LogP contribution in [0.4, 0.5) is 13.2 Å². The predicted molar refractivity (Wildman–Crippen MR) is 81.3 cm³/mol. The smallest absolute Gasteiger partial charge is 0.368 e. The topological polar surface area (TPSA) is 40.0 Å². The third kappa shape index (κ3) is 2.36. The molecule has 1 unspecified atom stereocenters. The molecule has 1 aliphatic heterocycles. The van der Waals surface area contributed by atoms with Gasteiger partial charge in [0.2, 0.25) is 0 Å². The average molecular weight is 337 g/mol. The molecule has 0 amide bonds. The molecule has 0 radical (unpaired) electrons. The van der Waals surface area contributed by atoms with E-state index in [0.717, 1.165) is 0 Å². The van der Waals surface area contributed by atoms with Crippen molar-refractivity contribution < 1.29 is 27.5 Å². The lowest BCUT2D eigenvalue weighted by atomic mass is 9.94. The zero-order valence-corrected chi connectivity index (χ0v) is 12.9. The van der Waals surface area contributed by atoms with Crippen molar-refractivity contribution in [1.29, 1.82) is 0 Å². The van der Waals surface area contributed by atoms with E-state index in [1.165, 1.54) is 62.8 Å². The molecular weight excluding hydrogens is 323 g/mol. The predicted octanol–water partition coefficient (Wildman–Crippen LogP) is 3.90. The van der Waals surface area contributed by atoms with Crippen LogP contribution < -0.4 is 9.47 Å². The largest absolute Gasteiger partial charge is 0.497 e. The monoisotopic (exact) mass is 337 g/mol. The van der Waals surface area contributed by atoms with Gasteiger partial charge < -0.3 is 14.3 Å². The van der Waals surface area contributed by atoms with Crippen LogP contribution in [-0.4, -0.2) is 25.9 Å². The summed E-state index contributed by atoms with van der Waals surface area (Å²) >= 11 is 0. The van der Waals surface area contributed by atoms with Gasteiger partial charge >= 0.3 is 11.8 Å². The van der Waals surface area contributed by atoms with Gasteiger partial charge in [0.25, 0.3) is 0 Å². The highest BCUT2D eigenvalue weighted by molar-refractivity contribution is 6.07. The zero-order valence-electron chi connectivity index (χ0n) is 12.9. The molecule has 2 aromatic carbocycles. The van der Waals surface area contributed by atoms with Crippen LogP contribution in [0, 0.1) is 0 Å². The van der Waals surface area contributed by atoms with Gasteiger partial charge in [-0.25, -0.2) is 0 Å². The number of rotatable bonds is 4. The maximum atomic E-state index is 15.0. The molecule has 0 aliphatic carbocycles. The number of hydrogen-bond donors (Lipinski definition) is 0. The Labute approximate surface area is 136 Å². The van der Waals surface area contributed by atoms with Gasteiger partial charge in [0.1, 0.15) is 11.5 Å². The molecule has 4 nitrogen and oxygen atoms in total. The van der Waals surface area contributed by atoms with Gasteiger partial charge in [-0.05, 0) is 48.5 Å². The summed E-state index contributed by atoms with van der Waals surface area (Å²) in [4.78, 5) is 4.54. The Balaban J connectivity index is 1.95. The van der Waals surface area contributed by atoms with Crippen molar-refractivity contribution in [3.8, 4) is 11.5 Å². The third-order valence-corrected chi connectivity index (χ3v) is 3.79. The highest BCUT2D eigenvalue weighted by Crippen LogP contribution is 2.49. The van der Waals surface area contributed by atoms with Crippen LogP contribution in [0.3, 0.4) is 0 Å². The Kier molecular flexibility index (Phi) is 3.87. The minimum Gasteiger partial charge on any atom is -0.497 e. The quantitative estimate of drug-likeness (QED) is 0.850. The molecule has 3 rings (SSSR count). The Morgan fingerprint density at radius 3 is 1.83 bits per heavy atom. The van der Waals surface area contributed by atoms with E-state index in [1.807, 2.05) is 0 Å². The molecule has 0 N–H and O–H groups in total. The first-order valence-corrected chi connectivity index (χ1v) is 7.04. The van der Waals surface area contributed by atoms with Crippen LogP contribution in [0.25, 0.3) is 0 Å². The molecule has 1 heterocycles. The van der Waals surface area contributed by atoms with Crippen molar-refractivity contribution in [2.45, 2.75) is 11.8 Å². The second-order valence-corrected chi connectivity index (χ2v) is 5.16.